The molecule has 1 fully saturated rings. The summed E-state index contributed by atoms with van der Waals surface area (Å²) in [5, 5.41) is 0. The van der Waals surface area contributed by atoms with Crippen molar-refractivity contribution in [1.29, 1.82) is 0 Å². The zero-order valence-electron chi connectivity index (χ0n) is 11.0. The molecular weight excluding hydrogens is 320 g/mol. The number of halogens is 2. The van der Waals surface area contributed by atoms with Crippen LogP contribution in [0.1, 0.15) is 0 Å². The average Bonchev–Trinajstić information content (AvgIpc) is 2.48. The Morgan fingerprint density at radius 3 is 2.76 bits per heavy atom. The average molecular weight is 333 g/mol. The molecule has 1 heterocycles. The molecule has 1 aliphatic heterocycles. The monoisotopic (exact) mass is 333 g/mol. The molecule has 0 spiro atoms. The fraction of sp³-hybridized carbons (Fsp3) is 0.385. The van der Waals surface area contributed by atoms with Crippen molar-refractivity contribution in [2.24, 2.45) is 0 Å². The van der Waals surface area contributed by atoms with Crippen LogP contribution in [0.25, 0.3) is 0 Å². The summed E-state index contributed by atoms with van der Waals surface area (Å²) in [6, 6.07) is 2.76. The maximum Gasteiger partial charge on any atom is 0.321 e. The molecule has 0 radical (unpaired) electrons. The number of esters is 1. The SMILES string of the molecule is O=C(CSC(=S)N1CCOCC1)Oc1ccc(F)cc1F. The molecule has 0 atom stereocenters. The van der Waals surface area contributed by atoms with Crippen LogP contribution < -0.4 is 4.74 Å². The van der Waals surface area contributed by atoms with E-state index < -0.39 is 17.6 Å². The highest BCUT2D eigenvalue weighted by atomic mass is 32.2. The van der Waals surface area contributed by atoms with Crippen LogP contribution in [-0.2, 0) is 9.53 Å². The molecule has 2 rings (SSSR count). The van der Waals surface area contributed by atoms with Gasteiger partial charge >= 0.3 is 5.97 Å². The van der Waals surface area contributed by atoms with Crippen LogP contribution in [0.5, 0.6) is 5.75 Å². The third-order valence-electron chi connectivity index (χ3n) is 2.70. The zero-order chi connectivity index (χ0) is 15.2. The van der Waals surface area contributed by atoms with Gasteiger partial charge in [-0.25, -0.2) is 8.78 Å². The number of hydrogen-bond acceptors (Lipinski definition) is 5. The van der Waals surface area contributed by atoms with Crippen molar-refractivity contribution in [3.8, 4) is 5.75 Å². The lowest BCUT2D eigenvalue weighted by molar-refractivity contribution is -0.131. The number of morpholine rings is 1. The van der Waals surface area contributed by atoms with Crippen LogP contribution in [0.2, 0.25) is 0 Å². The molecule has 0 bridgehead atoms. The van der Waals surface area contributed by atoms with Crippen LogP contribution in [0.4, 0.5) is 8.78 Å². The van der Waals surface area contributed by atoms with E-state index in [-0.39, 0.29) is 11.5 Å². The summed E-state index contributed by atoms with van der Waals surface area (Å²) in [7, 11) is 0. The van der Waals surface area contributed by atoms with Gasteiger partial charge in [0, 0.05) is 19.2 Å². The number of rotatable bonds is 3. The molecule has 0 unspecified atom stereocenters. The highest BCUT2D eigenvalue weighted by molar-refractivity contribution is 8.23. The van der Waals surface area contributed by atoms with Crippen molar-refractivity contribution >= 4 is 34.3 Å². The summed E-state index contributed by atoms with van der Waals surface area (Å²) >= 11 is 6.35. The maximum absolute atomic E-state index is 13.3. The first-order chi connectivity index (χ1) is 10.1. The van der Waals surface area contributed by atoms with E-state index in [4.69, 9.17) is 21.7 Å². The molecular formula is C13H13F2NO3S2. The van der Waals surface area contributed by atoms with Crippen LogP contribution in [0.15, 0.2) is 18.2 Å². The van der Waals surface area contributed by atoms with Crippen molar-refractivity contribution in [1.82, 2.24) is 4.90 Å². The zero-order valence-corrected chi connectivity index (χ0v) is 12.6. The van der Waals surface area contributed by atoms with Gasteiger partial charge in [-0.05, 0) is 12.1 Å². The highest BCUT2D eigenvalue weighted by Gasteiger charge is 2.16. The Kier molecular flexibility index (Phi) is 5.89. The predicted octanol–water partition coefficient (Wildman–Crippen LogP) is 2.22. The van der Waals surface area contributed by atoms with Crippen molar-refractivity contribution < 1.29 is 23.0 Å². The van der Waals surface area contributed by atoms with Gasteiger partial charge in [0.15, 0.2) is 11.6 Å². The normalized spacial score (nSPS) is 14.9. The van der Waals surface area contributed by atoms with Crippen LogP contribution >= 0.6 is 24.0 Å². The number of nitrogens with zero attached hydrogens (tertiary/aromatic N) is 1. The van der Waals surface area contributed by atoms with E-state index in [0.717, 1.165) is 23.9 Å². The van der Waals surface area contributed by atoms with Gasteiger partial charge < -0.3 is 14.4 Å². The summed E-state index contributed by atoms with van der Waals surface area (Å²) in [6.45, 7) is 2.58. The molecule has 1 aliphatic rings. The molecule has 8 heteroatoms. The van der Waals surface area contributed by atoms with Crippen molar-refractivity contribution in [2.75, 3.05) is 32.1 Å². The van der Waals surface area contributed by atoms with Crippen molar-refractivity contribution in [2.45, 2.75) is 0 Å². The second-order valence-electron chi connectivity index (χ2n) is 4.20. The van der Waals surface area contributed by atoms with E-state index in [0.29, 0.717) is 36.7 Å². The number of benzene rings is 1. The molecule has 4 nitrogen and oxygen atoms in total. The third-order valence-corrected chi connectivity index (χ3v) is 4.20. The standard InChI is InChI=1S/C13H13F2NO3S2/c14-9-1-2-11(10(15)7-9)19-12(17)8-21-13(20)16-3-5-18-6-4-16/h1-2,7H,3-6,8H2. The molecule has 1 aromatic carbocycles. The molecule has 0 aromatic heterocycles. The summed E-state index contributed by atoms with van der Waals surface area (Å²) in [5.41, 5.74) is 0. The number of hydrogen-bond donors (Lipinski definition) is 0. The molecule has 0 amide bonds. The fourth-order valence-corrected chi connectivity index (χ4v) is 2.69. The molecule has 0 saturated carbocycles. The maximum atomic E-state index is 13.3. The number of carbonyl (C=O) groups excluding carboxylic acids is 1. The largest absolute Gasteiger partial charge is 0.423 e. The Morgan fingerprint density at radius 2 is 2.10 bits per heavy atom. The Hall–Kier alpha value is -1.25. The van der Waals surface area contributed by atoms with E-state index >= 15 is 0 Å². The Morgan fingerprint density at radius 1 is 1.38 bits per heavy atom. The predicted molar refractivity (Wildman–Crippen MR) is 79.4 cm³/mol. The van der Waals surface area contributed by atoms with Gasteiger partial charge in [-0.2, -0.15) is 0 Å². The van der Waals surface area contributed by atoms with Gasteiger partial charge in [-0.3, -0.25) is 4.79 Å². The third kappa shape index (κ3) is 4.90. The minimum atomic E-state index is -0.913. The number of ether oxygens (including phenoxy) is 2. The number of thioether (sulfide) groups is 1. The summed E-state index contributed by atoms with van der Waals surface area (Å²) in [5.74, 6) is -2.60. The van der Waals surface area contributed by atoms with E-state index in [1.807, 2.05) is 4.90 Å². The van der Waals surface area contributed by atoms with Gasteiger partial charge in [-0.1, -0.05) is 24.0 Å². The quantitative estimate of drug-likeness (QED) is 0.480. The minimum absolute atomic E-state index is 0.0347. The first-order valence-corrected chi connectivity index (χ1v) is 7.61. The molecule has 1 aromatic rings. The Balaban J connectivity index is 1.80. The Labute approximate surface area is 130 Å². The topological polar surface area (TPSA) is 38.8 Å². The summed E-state index contributed by atoms with van der Waals surface area (Å²) in [4.78, 5) is 13.6. The smallest absolute Gasteiger partial charge is 0.321 e. The second kappa shape index (κ2) is 7.67. The second-order valence-corrected chi connectivity index (χ2v) is 5.81. The fourth-order valence-electron chi connectivity index (χ4n) is 1.67. The highest BCUT2D eigenvalue weighted by Crippen LogP contribution is 2.19. The molecule has 0 aliphatic carbocycles. The first kappa shape index (κ1) is 16.1. The van der Waals surface area contributed by atoms with Gasteiger partial charge in [0.1, 0.15) is 10.1 Å². The number of thiocarbonyl (C=S) groups is 1. The molecule has 0 N–H and O–H groups in total. The van der Waals surface area contributed by atoms with Crippen LogP contribution in [-0.4, -0.2) is 47.2 Å². The van der Waals surface area contributed by atoms with Gasteiger partial charge in [0.05, 0.1) is 19.0 Å². The van der Waals surface area contributed by atoms with E-state index in [2.05, 4.69) is 0 Å². The van der Waals surface area contributed by atoms with Gasteiger partial charge in [-0.15, -0.1) is 0 Å². The van der Waals surface area contributed by atoms with E-state index in [1.54, 1.807) is 0 Å². The first-order valence-electron chi connectivity index (χ1n) is 6.21. The minimum Gasteiger partial charge on any atom is -0.423 e. The summed E-state index contributed by atoms with van der Waals surface area (Å²) < 4.78 is 36.7. The molecule has 21 heavy (non-hydrogen) atoms. The van der Waals surface area contributed by atoms with Gasteiger partial charge in [0.25, 0.3) is 0 Å². The number of carbonyl (C=O) groups is 1. The lowest BCUT2D eigenvalue weighted by Crippen LogP contribution is -2.38. The van der Waals surface area contributed by atoms with Crippen LogP contribution in [0, 0.1) is 11.6 Å². The van der Waals surface area contributed by atoms with E-state index in [9.17, 15) is 13.6 Å². The summed E-state index contributed by atoms with van der Waals surface area (Å²) in [6.07, 6.45) is 0. The van der Waals surface area contributed by atoms with Crippen molar-refractivity contribution in [3.63, 3.8) is 0 Å². The van der Waals surface area contributed by atoms with E-state index in [1.165, 1.54) is 0 Å². The Bertz CT molecular complexity index is 536. The van der Waals surface area contributed by atoms with Crippen LogP contribution in [0.3, 0.4) is 0 Å². The van der Waals surface area contributed by atoms with Gasteiger partial charge in [0.2, 0.25) is 0 Å². The molecule has 114 valence electrons. The lowest BCUT2D eigenvalue weighted by atomic mass is 10.3. The lowest BCUT2D eigenvalue weighted by Gasteiger charge is -2.28. The van der Waals surface area contributed by atoms with Crippen molar-refractivity contribution in [3.05, 3.63) is 29.8 Å². The molecule has 1 saturated heterocycles.